The van der Waals surface area contributed by atoms with Crippen LogP contribution in [0.2, 0.25) is 0 Å². The molecular formula is C24H23FN4O2. The van der Waals surface area contributed by atoms with Gasteiger partial charge in [0.25, 0.3) is 5.91 Å². The van der Waals surface area contributed by atoms with Crippen molar-refractivity contribution in [3.8, 4) is 0 Å². The van der Waals surface area contributed by atoms with Gasteiger partial charge in [-0.25, -0.2) is 4.39 Å². The van der Waals surface area contributed by atoms with Gasteiger partial charge in [0.1, 0.15) is 11.9 Å². The first kappa shape index (κ1) is 20.7. The van der Waals surface area contributed by atoms with Gasteiger partial charge in [0.05, 0.1) is 6.04 Å². The van der Waals surface area contributed by atoms with Crippen molar-refractivity contribution in [3.05, 3.63) is 95.6 Å². The number of hydrogen-bond acceptors (Lipinski definition) is 4. The Labute approximate surface area is 179 Å². The van der Waals surface area contributed by atoms with E-state index in [4.69, 9.17) is 5.73 Å². The summed E-state index contributed by atoms with van der Waals surface area (Å²) in [6.07, 6.45) is 4.81. The zero-order valence-corrected chi connectivity index (χ0v) is 16.9. The Bertz CT molecular complexity index is 1070. The number of nitrogens with one attached hydrogen (secondary N) is 1. The Morgan fingerprint density at radius 1 is 1.10 bits per heavy atom. The Morgan fingerprint density at radius 2 is 1.84 bits per heavy atom. The molecule has 1 unspecified atom stereocenters. The topological polar surface area (TPSA) is 88.3 Å². The number of nitrogens with zero attached hydrogens (tertiary/aromatic N) is 2. The maximum Gasteiger partial charge on any atom is 0.255 e. The minimum atomic E-state index is -0.855. The molecule has 0 bridgehead atoms. The first-order valence-electron chi connectivity index (χ1n) is 10.2. The molecule has 2 heterocycles. The highest BCUT2D eigenvalue weighted by atomic mass is 19.1. The van der Waals surface area contributed by atoms with E-state index in [0.29, 0.717) is 23.4 Å². The van der Waals surface area contributed by atoms with Crippen molar-refractivity contribution >= 4 is 17.5 Å². The van der Waals surface area contributed by atoms with Crippen molar-refractivity contribution < 1.29 is 14.0 Å². The van der Waals surface area contributed by atoms with E-state index < -0.39 is 6.04 Å². The maximum absolute atomic E-state index is 13.6. The van der Waals surface area contributed by atoms with Crippen molar-refractivity contribution in [2.45, 2.75) is 24.9 Å². The highest BCUT2D eigenvalue weighted by Gasteiger charge is 2.33. The summed E-state index contributed by atoms with van der Waals surface area (Å²) in [4.78, 5) is 31.1. The highest BCUT2D eigenvalue weighted by Crippen LogP contribution is 2.34. The van der Waals surface area contributed by atoms with Crippen molar-refractivity contribution in [3.63, 3.8) is 0 Å². The lowest BCUT2D eigenvalue weighted by Gasteiger charge is -2.28. The molecule has 4 rings (SSSR count). The van der Waals surface area contributed by atoms with Crippen LogP contribution in [-0.2, 0) is 4.79 Å². The van der Waals surface area contributed by atoms with Crippen molar-refractivity contribution in [2.24, 2.45) is 5.73 Å². The van der Waals surface area contributed by atoms with E-state index >= 15 is 0 Å². The van der Waals surface area contributed by atoms with Gasteiger partial charge in [0, 0.05) is 30.2 Å². The molecular weight excluding hydrogens is 395 g/mol. The zero-order chi connectivity index (χ0) is 21.8. The number of aromatic nitrogens is 1. The van der Waals surface area contributed by atoms with Crippen molar-refractivity contribution in [2.75, 3.05) is 11.9 Å². The maximum atomic E-state index is 13.6. The molecule has 1 aliphatic heterocycles. The number of carbonyl (C=O) groups is 2. The molecule has 3 aromatic rings. The molecule has 1 saturated heterocycles. The number of pyridine rings is 1. The van der Waals surface area contributed by atoms with Gasteiger partial charge < -0.3 is 16.0 Å². The number of halogens is 1. The van der Waals surface area contributed by atoms with Crippen LogP contribution in [0.1, 0.15) is 46.4 Å². The molecule has 0 radical (unpaired) electrons. The summed E-state index contributed by atoms with van der Waals surface area (Å²) in [5.74, 6) is -0.786. The van der Waals surface area contributed by atoms with Crippen molar-refractivity contribution in [1.82, 2.24) is 9.88 Å². The summed E-state index contributed by atoms with van der Waals surface area (Å²) in [6.45, 7) is 0.583. The lowest BCUT2D eigenvalue weighted by molar-refractivity contribution is -0.133. The quantitative estimate of drug-likeness (QED) is 0.659. The molecule has 1 aliphatic rings. The number of carbonyl (C=O) groups excluding carboxylic acids is 2. The minimum Gasteiger partial charge on any atom is -0.334 e. The predicted molar refractivity (Wildman–Crippen MR) is 116 cm³/mol. The third kappa shape index (κ3) is 4.62. The largest absolute Gasteiger partial charge is 0.334 e. The molecule has 3 N–H and O–H groups in total. The van der Waals surface area contributed by atoms with Gasteiger partial charge in [0.15, 0.2) is 0 Å². The average Bonchev–Trinajstić information content (AvgIpc) is 3.29. The Balaban J connectivity index is 1.45. The summed E-state index contributed by atoms with van der Waals surface area (Å²) in [6, 6.07) is 15.4. The van der Waals surface area contributed by atoms with Crippen LogP contribution < -0.4 is 11.1 Å². The average molecular weight is 418 g/mol. The highest BCUT2D eigenvalue weighted by molar-refractivity contribution is 6.04. The standard InChI is InChI=1S/C24H23FN4O2/c25-19-4-1-3-18(15-19)21-5-2-14-29(21)24(31)22(26)16-6-8-17(9-7-16)23(30)28-20-10-12-27-13-11-20/h1,3-4,6-13,15,21-22H,2,5,14,26H2,(H,27,28,30)/t21?,22-/m1/s1. The van der Waals surface area contributed by atoms with Crippen LogP contribution in [0.15, 0.2) is 73.1 Å². The van der Waals surface area contributed by atoms with E-state index in [1.165, 1.54) is 12.1 Å². The molecule has 7 heteroatoms. The number of rotatable bonds is 5. The van der Waals surface area contributed by atoms with E-state index in [0.717, 1.165) is 18.4 Å². The second-order valence-electron chi connectivity index (χ2n) is 7.53. The van der Waals surface area contributed by atoms with Crippen molar-refractivity contribution in [1.29, 1.82) is 0 Å². The molecule has 158 valence electrons. The van der Waals surface area contributed by atoms with Crippen LogP contribution in [0.5, 0.6) is 0 Å². The molecule has 0 spiro atoms. The van der Waals surface area contributed by atoms with Gasteiger partial charge in [0.2, 0.25) is 5.91 Å². The molecule has 2 amide bonds. The van der Waals surface area contributed by atoms with Gasteiger partial charge in [-0.3, -0.25) is 14.6 Å². The number of benzene rings is 2. The van der Waals surface area contributed by atoms with Gasteiger partial charge >= 0.3 is 0 Å². The van der Waals surface area contributed by atoms with E-state index in [2.05, 4.69) is 10.3 Å². The third-order valence-electron chi connectivity index (χ3n) is 5.51. The lowest BCUT2D eigenvalue weighted by atomic mass is 10.0. The molecule has 1 aromatic heterocycles. The second-order valence-corrected chi connectivity index (χ2v) is 7.53. The summed E-state index contributed by atoms with van der Waals surface area (Å²) in [5.41, 5.74) is 8.77. The number of hydrogen-bond donors (Lipinski definition) is 2. The summed E-state index contributed by atoms with van der Waals surface area (Å²) in [7, 11) is 0. The van der Waals surface area contributed by atoms with E-state index in [9.17, 15) is 14.0 Å². The molecule has 2 atom stereocenters. The number of nitrogens with two attached hydrogens (primary N) is 1. The van der Waals surface area contributed by atoms with Crippen LogP contribution in [0.25, 0.3) is 0 Å². The fourth-order valence-electron chi connectivity index (χ4n) is 3.89. The van der Waals surface area contributed by atoms with Gasteiger partial charge in [-0.1, -0.05) is 24.3 Å². The smallest absolute Gasteiger partial charge is 0.255 e. The molecule has 31 heavy (non-hydrogen) atoms. The number of amides is 2. The SMILES string of the molecule is N[C@@H](C(=O)N1CCCC1c1cccc(F)c1)c1ccc(C(=O)Nc2ccncc2)cc1. The predicted octanol–water partition coefficient (Wildman–Crippen LogP) is 3.84. The summed E-state index contributed by atoms with van der Waals surface area (Å²) < 4.78 is 13.6. The van der Waals surface area contributed by atoms with Crippen LogP contribution in [-0.4, -0.2) is 28.2 Å². The normalized spacial score (nSPS) is 16.7. The van der Waals surface area contributed by atoms with E-state index in [1.807, 2.05) is 6.07 Å². The van der Waals surface area contributed by atoms with Gasteiger partial charge in [-0.05, 0) is 60.4 Å². The Kier molecular flexibility index (Phi) is 6.04. The third-order valence-corrected chi connectivity index (χ3v) is 5.51. The summed E-state index contributed by atoms with van der Waals surface area (Å²) >= 11 is 0. The van der Waals surface area contributed by atoms with Gasteiger partial charge in [-0.15, -0.1) is 0 Å². The monoisotopic (exact) mass is 418 g/mol. The van der Waals surface area contributed by atoms with Crippen LogP contribution in [0, 0.1) is 5.82 Å². The molecule has 0 aliphatic carbocycles. The fourth-order valence-corrected chi connectivity index (χ4v) is 3.89. The molecule has 1 fully saturated rings. The Hall–Kier alpha value is -3.58. The molecule has 0 saturated carbocycles. The summed E-state index contributed by atoms with van der Waals surface area (Å²) in [5, 5.41) is 2.79. The number of anilines is 1. The van der Waals surface area contributed by atoms with E-state index in [-0.39, 0.29) is 23.7 Å². The molecule has 2 aromatic carbocycles. The number of likely N-dealkylation sites (tertiary alicyclic amines) is 1. The van der Waals surface area contributed by atoms with E-state index in [1.54, 1.807) is 59.8 Å². The first-order chi connectivity index (χ1) is 15.0. The van der Waals surface area contributed by atoms with Crippen LogP contribution >= 0.6 is 0 Å². The molecule has 6 nitrogen and oxygen atoms in total. The first-order valence-corrected chi connectivity index (χ1v) is 10.2. The minimum absolute atomic E-state index is 0.181. The fraction of sp³-hybridized carbons (Fsp3) is 0.208. The van der Waals surface area contributed by atoms with Crippen LogP contribution in [0.4, 0.5) is 10.1 Å². The lowest BCUT2D eigenvalue weighted by Crippen LogP contribution is -2.38. The zero-order valence-electron chi connectivity index (χ0n) is 16.9. The van der Waals surface area contributed by atoms with Crippen LogP contribution in [0.3, 0.4) is 0 Å². The second kappa shape index (κ2) is 9.06. The Morgan fingerprint density at radius 3 is 2.55 bits per heavy atom. The van der Waals surface area contributed by atoms with Gasteiger partial charge in [-0.2, -0.15) is 0 Å².